The molecule has 0 saturated carbocycles. The van der Waals surface area contributed by atoms with Crippen LogP contribution >= 0.6 is 0 Å². The fraction of sp³-hybridized carbons (Fsp3) is 0.917. The van der Waals surface area contributed by atoms with Crippen LogP contribution in [0.15, 0.2) is 0 Å². The standard InChI is InChI=1S/C12H26N2O2/c1-9(2)8-11(12(15)13-4)14-10(3)6-7-16-5/h9-11,14H,6-8H2,1-5H3,(H,13,15). The highest BCUT2D eigenvalue weighted by molar-refractivity contribution is 5.81. The lowest BCUT2D eigenvalue weighted by atomic mass is 10.0. The van der Waals surface area contributed by atoms with E-state index in [1.807, 2.05) is 0 Å². The zero-order chi connectivity index (χ0) is 12.6. The van der Waals surface area contributed by atoms with Crippen molar-refractivity contribution in [3.63, 3.8) is 0 Å². The number of amides is 1. The van der Waals surface area contributed by atoms with Gasteiger partial charge in [-0.15, -0.1) is 0 Å². The van der Waals surface area contributed by atoms with Gasteiger partial charge in [0.15, 0.2) is 0 Å². The highest BCUT2D eigenvalue weighted by Gasteiger charge is 2.19. The SMILES string of the molecule is CNC(=O)C(CC(C)C)NC(C)CCOC. The van der Waals surface area contributed by atoms with Crippen LogP contribution < -0.4 is 10.6 Å². The third kappa shape index (κ3) is 6.80. The molecule has 0 aromatic heterocycles. The summed E-state index contributed by atoms with van der Waals surface area (Å²) in [6.07, 6.45) is 1.78. The van der Waals surface area contributed by atoms with Crippen LogP contribution in [0, 0.1) is 5.92 Å². The number of rotatable bonds is 8. The molecule has 2 N–H and O–H groups in total. The Bertz CT molecular complexity index is 195. The highest BCUT2D eigenvalue weighted by Crippen LogP contribution is 2.06. The van der Waals surface area contributed by atoms with Gasteiger partial charge in [-0.1, -0.05) is 13.8 Å². The van der Waals surface area contributed by atoms with Gasteiger partial charge in [0.25, 0.3) is 0 Å². The third-order valence-corrected chi connectivity index (χ3v) is 2.51. The monoisotopic (exact) mass is 230 g/mol. The molecule has 0 radical (unpaired) electrons. The number of hydrogen-bond donors (Lipinski definition) is 2. The molecule has 4 nitrogen and oxygen atoms in total. The van der Waals surface area contributed by atoms with E-state index in [0.717, 1.165) is 19.4 Å². The summed E-state index contributed by atoms with van der Waals surface area (Å²) in [4.78, 5) is 11.7. The van der Waals surface area contributed by atoms with E-state index in [1.54, 1.807) is 14.2 Å². The van der Waals surface area contributed by atoms with E-state index in [4.69, 9.17) is 4.74 Å². The predicted octanol–water partition coefficient (Wildman–Crippen LogP) is 1.16. The molecule has 0 spiro atoms. The zero-order valence-corrected chi connectivity index (χ0v) is 11.2. The van der Waals surface area contributed by atoms with Crippen molar-refractivity contribution in [3.05, 3.63) is 0 Å². The number of likely N-dealkylation sites (N-methyl/N-ethyl adjacent to an activating group) is 1. The van der Waals surface area contributed by atoms with Crippen molar-refractivity contribution in [1.82, 2.24) is 10.6 Å². The van der Waals surface area contributed by atoms with Crippen molar-refractivity contribution in [3.8, 4) is 0 Å². The van der Waals surface area contributed by atoms with Gasteiger partial charge in [-0.25, -0.2) is 0 Å². The highest BCUT2D eigenvalue weighted by atomic mass is 16.5. The molecule has 16 heavy (non-hydrogen) atoms. The Morgan fingerprint density at radius 1 is 1.31 bits per heavy atom. The molecule has 2 unspecified atom stereocenters. The first kappa shape index (κ1) is 15.4. The number of hydrogen-bond acceptors (Lipinski definition) is 3. The number of nitrogens with one attached hydrogen (secondary N) is 2. The second-order valence-corrected chi connectivity index (χ2v) is 4.65. The molecular weight excluding hydrogens is 204 g/mol. The number of methoxy groups -OCH3 is 1. The van der Waals surface area contributed by atoms with Crippen molar-refractivity contribution in [1.29, 1.82) is 0 Å². The Hall–Kier alpha value is -0.610. The average Bonchev–Trinajstić information content (AvgIpc) is 2.23. The molecule has 2 atom stereocenters. The van der Waals surface area contributed by atoms with Crippen molar-refractivity contribution >= 4 is 5.91 Å². The van der Waals surface area contributed by atoms with Gasteiger partial charge < -0.3 is 15.4 Å². The normalized spacial score (nSPS) is 14.9. The quantitative estimate of drug-likeness (QED) is 0.658. The van der Waals surface area contributed by atoms with Crippen molar-refractivity contribution in [2.24, 2.45) is 5.92 Å². The van der Waals surface area contributed by atoms with Gasteiger partial charge in [0.05, 0.1) is 6.04 Å². The molecule has 0 fully saturated rings. The molecule has 0 aromatic carbocycles. The molecule has 4 heteroatoms. The Labute approximate surface area is 99.1 Å². The smallest absolute Gasteiger partial charge is 0.236 e. The first-order valence-electron chi connectivity index (χ1n) is 5.97. The molecule has 0 saturated heterocycles. The van der Waals surface area contributed by atoms with Crippen LogP contribution in [-0.4, -0.2) is 38.8 Å². The Morgan fingerprint density at radius 3 is 2.38 bits per heavy atom. The predicted molar refractivity (Wildman–Crippen MR) is 66.4 cm³/mol. The van der Waals surface area contributed by atoms with Gasteiger partial charge >= 0.3 is 0 Å². The maximum absolute atomic E-state index is 11.7. The number of ether oxygens (including phenoxy) is 1. The second-order valence-electron chi connectivity index (χ2n) is 4.65. The van der Waals surface area contributed by atoms with E-state index in [1.165, 1.54) is 0 Å². The minimum atomic E-state index is -0.100. The van der Waals surface area contributed by atoms with E-state index >= 15 is 0 Å². The maximum atomic E-state index is 11.7. The maximum Gasteiger partial charge on any atom is 0.236 e. The zero-order valence-electron chi connectivity index (χ0n) is 11.2. The van der Waals surface area contributed by atoms with E-state index < -0.39 is 0 Å². The summed E-state index contributed by atoms with van der Waals surface area (Å²) in [6.45, 7) is 7.04. The van der Waals surface area contributed by atoms with Crippen molar-refractivity contribution in [2.45, 2.75) is 45.7 Å². The third-order valence-electron chi connectivity index (χ3n) is 2.51. The molecule has 0 aliphatic rings. The average molecular weight is 230 g/mol. The van der Waals surface area contributed by atoms with Crippen molar-refractivity contribution < 1.29 is 9.53 Å². The summed E-state index contributed by atoms with van der Waals surface area (Å²) < 4.78 is 5.02. The minimum absolute atomic E-state index is 0.0676. The van der Waals surface area contributed by atoms with Crippen LogP contribution in [0.4, 0.5) is 0 Å². The lowest BCUT2D eigenvalue weighted by molar-refractivity contribution is -0.123. The molecule has 0 bridgehead atoms. The Morgan fingerprint density at radius 2 is 1.94 bits per heavy atom. The molecule has 0 rings (SSSR count). The van der Waals surface area contributed by atoms with E-state index in [-0.39, 0.29) is 11.9 Å². The molecule has 0 aliphatic heterocycles. The Kier molecular flexibility index (Phi) is 8.21. The van der Waals surface area contributed by atoms with Crippen LogP contribution in [0.1, 0.15) is 33.6 Å². The first-order valence-corrected chi connectivity index (χ1v) is 5.97. The summed E-state index contributed by atoms with van der Waals surface area (Å²) in [6, 6.07) is 0.192. The van der Waals surface area contributed by atoms with Crippen LogP contribution in [-0.2, 0) is 9.53 Å². The summed E-state index contributed by atoms with van der Waals surface area (Å²) in [5, 5.41) is 6.04. The summed E-state index contributed by atoms with van der Waals surface area (Å²) in [7, 11) is 3.37. The van der Waals surface area contributed by atoms with E-state index in [2.05, 4.69) is 31.4 Å². The summed E-state index contributed by atoms with van der Waals surface area (Å²) >= 11 is 0. The van der Waals surface area contributed by atoms with Crippen LogP contribution in [0.2, 0.25) is 0 Å². The molecule has 0 heterocycles. The molecule has 0 aromatic rings. The van der Waals surface area contributed by atoms with Gasteiger partial charge in [0.2, 0.25) is 5.91 Å². The molecular formula is C12H26N2O2. The number of carbonyl (C=O) groups is 1. The summed E-state index contributed by atoms with van der Waals surface area (Å²) in [5.74, 6) is 0.572. The van der Waals surface area contributed by atoms with Gasteiger partial charge in [0, 0.05) is 26.8 Å². The fourth-order valence-electron chi connectivity index (χ4n) is 1.62. The topological polar surface area (TPSA) is 50.4 Å². The van der Waals surface area contributed by atoms with E-state index in [9.17, 15) is 4.79 Å². The fourth-order valence-corrected chi connectivity index (χ4v) is 1.62. The van der Waals surface area contributed by atoms with Gasteiger partial charge in [0.1, 0.15) is 0 Å². The largest absolute Gasteiger partial charge is 0.385 e. The van der Waals surface area contributed by atoms with Crippen LogP contribution in [0.5, 0.6) is 0 Å². The first-order chi connectivity index (χ1) is 7.51. The number of carbonyl (C=O) groups excluding carboxylic acids is 1. The lowest BCUT2D eigenvalue weighted by Crippen LogP contribution is -2.47. The van der Waals surface area contributed by atoms with Crippen LogP contribution in [0.3, 0.4) is 0 Å². The second kappa shape index (κ2) is 8.53. The summed E-state index contributed by atoms with van der Waals surface area (Å²) in [5.41, 5.74) is 0. The Balaban J connectivity index is 4.14. The van der Waals surface area contributed by atoms with Gasteiger partial charge in [-0.2, -0.15) is 0 Å². The minimum Gasteiger partial charge on any atom is -0.385 e. The van der Waals surface area contributed by atoms with Crippen LogP contribution in [0.25, 0.3) is 0 Å². The lowest BCUT2D eigenvalue weighted by Gasteiger charge is -2.23. The molecule has 96 valence electrons. The van der Waals surface area contributed by atoms with Gasteiger partial charge in [-0.3, -0.25) is 4.79 Å². The van der Waals surface area contributed by atoms with E-state index in [0.29, 0.717) is 12.0 Å². The molecule has 1 amide bonds. The van der Waals surface area contributed by atoms with Gasteiger partial charge in [-0.05, 0) is 25.7 Å². The molecule has 0 aliphatic carbocycles. The van der Waals surface area contributed by atoms with Crippen molar-refractivity contribution in [2.75, 3.05) is 20.8 Å².